The van der Waals surface area contributed by atoms with Gasteiger partial charge in [0.15, 0.2) is 0 Å². The molecule has 2 atom stereocenters. The molecule has 0 radical (unpaired) electrons. The molecule has 0 heterocycles. The quantitative estimate of drug-likeness (QED) is 0.316. The van der Waals surface area contributed by atoms with Gasteiger partial charge in [-0.15, -0.1) is 0 Å². The van der Waals surface area contributed by atoms with Gasteiger partial charge in [0.2, 0.25) is 6.10 Å². The van der Waals surface area contributed by atoms with Crippen LogP contribution in [0.3, 0.4) is 0 Å². The zero-order valence-electron chi connectivity index (χ0n) is 15.4. The fraction of sp³-hybridized carbons (Fsp3) is 0.238. The SMILES string of the molecule is O=C(O[C@@H](C(=O)Nc1ccc(Cl)c([N+](=O)[O-])c1)c1ccccc1)[C@H]1CC=CCC1. The van der Waals surface area contributed by atoms with Crippen molar-refractivity contribution in [2.24, 2.45) is 5.92 Å². The van der Waals surface area contributed by atoms with Crippen LogP contribution in [0, 0.1) is 16.0 Å². The predicted octanol–water partition coefficient (Wildman–Crippen LogP) is 4.83. The Kier molecular flexibility index (Phi) is 6.61. The van der Waals surface area contributed by atoms with Gasteiger partial charge in [0.25, 0.3) is 11.6 Å². The number of nitrogens with one attached hydrogen (secondary N) is 1. The van der Waals surface area contributed by atoms with Crippen LogP contribution in [-0.4, -0.2) is 16.8 Å². The zero-order chi connectivity index (χ0) is 20.8. The van der Waals surface area contributed by atoms with Crippen LogP contribution in [-0.2, 0) is 14.3 Å². The third kappa shape index (κ3) is 5.20. The number of hydrogen-bond donors (Lipinski definition) is 1. The predicted molar refractivity (Wildman–Crippen MR) is 108 cm³/mol. The van der Waals surface area contributed by atoms with Crippen LogP contribution in [0.5, 0.6) is 0 Å². The second kappa shape index (κ2) is 9.34. The average Bonchev–Trinajstić information content (AvgIpc) is 2.74. The van der Waals surface area contributed by atoms with Gasteiger partial charge in [-0.1, -0.05) is 54.1 Å². The fourth-order valence-corrected chi connectivity index (χ4v) is 3.25. The minimum Gasteiger partial charge on any atom is -0.447 e. The molecule has 0 saturated carbocycles. The number of rotatable bonds is 6. The molecule has 2 aromatic carbocycles. The first-order valence-corrected chi connectivity index (χ1v) is 9.48. The van der Waals surface area contributed by atoms with E-state index in [-0.39, 0.29) is 22.3 Å². The lowest BCUT2D eigenvalue weighted by Gasteiger charge is -2.22. The van der Waals surface area contributed by atoms with E-state index in [2.05, 4.69) is 5.32 Å². The van der Waals surface area contributed by atoms with Gasteiger partial charge in [0, 0.05) is 17.3 Å². The number of nitro groups is 1. The van der Waals surface area contributed by atoms with Crippen molar-refractivity contribution in [1.29, 1.82) is 0 Å². The summed E-state index contributed by atoms with van der Waals surface area (Å²) >= 11 is 5.81. The van der Waals surface area contributed by atoms with Gasteiger partial charge in [0.05, 0.1) is 10.8 Å². The van der Waals surface area contributed by atoms with E-state index in [4.69, 9.17) is 16.3 Å². The molecule has 29 heavy (non-hydrogen) atoms. The van der Waals surface area contributed by atoms with Crippen LogP contribution < -0.4 is 5.32 Å². The Morgan fingerprint density at radius 3 is 2.59 bits per heavy atom. The van der Waals surface area contributed by atoms with Gasteiger partial charge >= 0.3 is 5.97 Å². The largest absolute Gasteiger partial charge is 0.447 e. The number of esters is 1. The molecular formula is C21H19ClN2O5. The molecule has 1 aliphatic rings. The van der Waals surface area contributed by atoms with E-state index >= 15 is 0 Å². The van der Waals surface area contributed by atoms with Crippen LogP contribution in [0.1, 0.15) is 30.9 Å². The molecule has 0 aromatic heterocycles. The van der Waals surface area contributed by atoms with Crippen molar-refractivity contribution in [3.05, 3.63) is 81.4 Å². The lowest BCUT2D eigenvalue weighted by molar-refractivity contribution is -0.384. The Hall–Kier alpha value is -3.19. The normalized spacial score (nSPS) is 16.7. The number of allylic oxidation sites excluding steroid dienone is 2. The summed E-state index contributed by atoms with van der Waals surface area (Å²) in [6.07, 6.45) is 4.80. The molecule has 0 spiro atoms. The Labute approximate surface area is 172 Å². The molecule has 0 saturated heterocycles. The van der Waals surface area contributed by atoms with Crippen molar-refractivity contribution in [3.63, 3.8) is 0 Å². The smallest absolute Gasteiger partial charge is 0.310 e. The molecule has 7 nitrogen and oxygen atoms in total. The highest BCUT2D eigenvalue weighted by molar-refractivity contribution is 6.32. The van der Waals surface area contributed by atoms with Gasteiger partial charge in [0.1, 0.15) is 5.02 Å². The lowest BCUT2D eigenvalue weighted by Crippen LogP contribution is -2.29. The molecule has 1 aliphatic carbocycles. The summed E-state index contributed by atoms with van der Waals surface area (Å²) in [5, 5.41) is 13.6. The van der Waals surface area contributed by atoms with E-state index in [1.807, 2.05) is 12.2 Å². The van der Waals surface area contributed by atoms with Crippen molar-refractivity contribution < 1.29 is 19.2 Å². The molecule has 150 valence electrons. The molecule has 0 fully saturated rings. The molecule has 0 unspecified atom stereocenters. The Balaban J connectivity index is 1.81. The minimum atomic E-state index is -1.18. The van der Waals surface area contributed by atoms with Gasteiger partial charge < -0.3 is 10.1 Å². The van der Waals surface area contributed by atoms with Crippen molar-refractivity contribution in [1.82, 2.24) is 0 Å². The number of anilines is 1. The number of nitro benzene ring substituents is 1. The lowest BCUT2D eigenvalue weighted by atomic mass is 9.94. The summed E-state index contributed by atoms with van der Waals surface area (Å²) in [4.78, 5) is 35.9. The molecule has 3 rings (SSSR count). The van der Waals surface area contributed by atoms with Crippen LogP contribution in [0.15, 0.2) is 60.7 Å². The van der Waals surface area contributed by atoms with E-state index in [1.165, 1.54) is 12.1 Å². The van der Waals surface area contributed by atoms with E-state index in [9.17, 15) is 19.7 Å². The average molecular weight is 415 g/mol. The summed E-state index contributed by atoms with van der Waals surface area (Å²) in [7, 11) is 0. The maximum absolute atomic E-state index is 12.9. The number of hydrogen-bond acceptors (Lipinski definition) is 5. The zero-order valence-corrected chi connectivity index (χ0v) is 16.2. The maximum atomic E-state index is 12.9. The summed E-state index contributed by atoms with van der Waals surface area (Å²) in [6.45, 7) is 0. The molecule has 0 aliphatic heterocycles. The first-order valence-electron chi connectivity index (χ1n) is 9.11. The van der Waals surface area contributed by atoms with Gasteiger partial charge in [-0.3, -0.25) is 19.7 Å². The molecule has 8 heteroatoms. The number of carbonyl (C=O) groups excluding carboxylic acids is 2. The van der Waals surface area contributed by atoms with Crippen LogP contribution >= 0.6 is 11.6 Å². The Bertz CT molecular complexity index is 945. The highest BCUT2D eigenvalue weighted by Crippen LogP contribution is 2.29. The summed E-state index contributed by atoms with van der Waals surface area (Å²) in [5.74, 6) is -1.34. The first kappa shape index (κ1) is 20.5. The molecule has 2 aromatic rings. The van der Waals surface area contributed by atoms with Gasteiger partial charge in [-0.05, 0) is 31.4 Å². The van der Waals surface area contributed by atoms with Crippen molar-refractivity contribution in [3.8, 4) is 0 Å². The minimum absolute atomic E-state index is 0.0376. The third-order valence-electron chi connectivity index (χ3n) is 4.59. The molecule has 1 N–H and O–H groups in total. The van der Waals surface area contributed by atoms with Crippen molar-refractivity contribution in [2.45, 2.75) is 25.4 Å². The van der Waals surface area contributed by atoms with Gasteiger partial charge in [-0.25, -0.2) is 0 Å². The molecule has 0 bridgehead atoms. The second-order valence-electron chi connectivity index (χ2n) is 6.62. The van der Waals surface area contributed by atoms with Gasteiger partial charge in [-0.2, -0.15) is 0 Å². The number of benzene rings is 2. The van der Waals surface area contributed by atoms with Crippen LogP contribution in [0.4, 0.5) is 11.4 Å². The number of halogens is 1. The Morgan fingerprint density at radius 1 is 1.17 bits per heavy atom. The van der Waals surface area contributed by atoms with E-state index < -0.39 is 22.9 Å². The monoisotopic (exact) mass is 414 g/mol. The number of nitrogens with zero attached hydrogens (tertiary/aromatic N) is 1. The topological polar surface area (TPSA) is 98.5 Å². The summed E-state index contributed by atoms with van der Waals surface area (Å²) < 4.78 is 5.57. The number of amides is 1. The van der Waals surface area contributed by atoms with E-state index in [0.717, 1.165) is 12.5 Å². The first-order chi connectivity index (χ1) is 14.0. The number of ether oxygens (including phenoxy) is 1. The molecular weight excluding hydrogens is 396 g/mol. The van der Waals surface area contributed by atoms with E-state index in [0.29, 0.717) is 18.4 Å². The summed E-state index contributed by atoms with van der Waals surface area (Å²) in [6, 6.07) is 12.6. The molecule has 1 amide bonds. The third-order valence-corrected chi connectivity index (χ3v) is 4.91. The van der Waals surface area contributed by atoms with Crippen LogP contribution in [0.2, 0.25) is 5.02 Å². The fourth-order valence-electron chi connectivity index (χ4n) is 3.06. The summed E-state index contributed by atoms with van der Waals surface area (Å²) in [5.41, 5.74) is 0.364. The maximum Gasteiger partial charge on any atom is 0.310 e. The van der Waals surface area contributed by atoms with Crippen molar-refractivity contribution in [2.75, 3.05) is 5.32 Å². The highest BCUT2D eigenvalue weighted by Gasteiger charge is 2.29. The highest BCUT2D eigenvalue weighted by atomic mass is 35.5. The van der Waals surface area contributed by atoms with E-state index in [1.54, 1.807) is 30.3 Å². The number of carbonyl (C=O) groups is 2. The Morgan fingerprint density at radius 2 is 1.93 bits per heavy atom. The second-order valence-corrected chi connectivity index (χ2v) is 7.03. The van der Waals surface area contributed by atoms with Crippen LogP contribution in [0.25, 0.3) is 0 Å². The standard InChI is InChI=1S/C21H19ClN2O5/c22-17-12-11-16(13-18(17)24(27)28)23-20(25)19(14-7-3-1-4-8-14)29-21(26)15-9-5-2-6-10-15/h1-5,7-8,11-13,15,19H,6,9-10H2,(H,23,25)/t15-,19+/m0/s1. The van der Waals surface area contributed by atoms with Crippen molar-refractivity contribution >= 4 is 34.9 Å².